The molecule has 96 valence electrons. The van der Waals surface area contributed by atoms with Crippen molar-refractivity contribution in [1.82, 2.24) is 0 Å². The van der Waals surface area contributed by atoms with Crippen molar-refractivity contribution in [2.75, 3.05) is 18.6 Å². The van der Waals surface area contributed by atoms with Gasteiger partial charge in [-0.25, -0.2) is 0 Å². The first kappa shape index (κ1) is 12.4. The zero-order valence-electron chi connectivity index (χ0n) is 10.4. The van der Waals surface area contributed by atoms with Gasteiger partial charge >= 0.3 is 5.97 Å². The van der Waals surface area contributed by atoms with Crippen LogP contribution in [-0.4, -0.2) is 31.6 Å². The van der Waals surface area contributed by atoms with Crippen molar-refractivity contribution in [1.29, 1.82) is 0 Å². The summed E-state index contributed by atoms with van der Waals surface area (Å²) in [7, 11) is 1.67. The minimum atomic E-state index is -0.802. The largest absolute Gasteiger partial charge is 0.478 e. The Hall–Kier alpha value is -2.04. The van der Waals surface area contributed by atoms with Crippen molar-refractivity contribution in [2.24, 2.45) is 0 Å². The van der Waals surface area contributed by atoms with Crippen LogP contribution in [0.1, 0.15) is 13.3 Å². The number of likely N-dealkylation sites (N-methyl/N-ethyl adjacent to an activating group) is 1. The van der Waals surface area contributed by atoms with Gasteiger partial charge in [-0.15, -0.1) is 0 Å². The van der Waals surface area contributed by atoms with E-state index in [1.54, 1.807) is 26.1 Å². The minimum Gasteiger partial charge on any atom is -0.478 e. The van der Waals surface area contributed by atoms with Gasteiger partial charge in [0.25, 0.3) is 5.91 Å². The Bertz CT molecular complexity index is 472. The molecule has 0 saturated heterocycles. The number of para-hydroxylation sites is 2. The molecule has 0 radical (unpaired) electrons. The number of rotatable bonds is 3. The summed E-state index contributed by atoms with van der Waals surface area (Å²) >= 11 is 0. The fourth-order valence-corrected chi connectivity index (χ4v) is 1.87. The number of amides is 1. The smallest absolute Gasteiger partial charge is 0.310 e. The predicted octanol–water partition coefficient (Wildman–Crippen LogP) is 1.36. The van der Waals surface area contributed by atoms with Gasteiger partial charge in [0.05, 0.1) is 18.7 Å². The van der Waals surface area contributed by atoms with Gasteiger partial charge in [0, 0.05) is 7.05 Å². The maximum Gasteiger partial charge on any atom is 0.310 e. The van der Waals surface area contributed by atoms with Gasteiger partial charge in [-0.2, -0.15) is 0 Å². The number of esters is 1. The molecule has 0 aromatic heterocycles. The fourth-order valence-electron chi connectivity index (χ4n) is 1.87. The third-order valence-electron chi connectivity index (χ3n) is 2.76. The molecule has 1 aliphatic rings. The number of ether oxygens (including phenoxy) is 2. The van der Waals surface area contributed by atoms with E-state index < -0.39 is 12.1 Å². The number of fused-ring (bicyclic) bond motifs is 1. The third-order valence-corrected chi connectivity index (χ3v) is 2.76. The molecule has 0 N–H and O–H groups in total. The molecule has 5 heteroatoms. The maximum absolute atomic E-state index is 12.0. The van der Waals surface area contributed by atoms with Crippen LogP contribution in [0.15, 0.2) is 24.3 Å². The molecule has 0 spiro atoms. The van der Waals surface area contributed by atoms with Crippen LogP contribution < -0.4 is 9.64 Å². The van der Waals surface area contributed by atoms with Crippen molar-refractivity contribution in [2.45, 2.75) is 19.4 Å². The van der Waals surface area contributed by atoms with Crippen LogP contribution in [0.25, 0.3) is 0 Å². The van der Waals surface area contributed by atoms with Gasteiger partial charge < -0.3 is 14.4 Å². The molecule has 0 aliphatic carbocycles. The first-order valence-corrected chi connectivity index (χ1v) is 5.82. The molecule has 0 saturated carbocycles. The molecular weight excluding hydrogens is 234 g/mol. The molecule has 1 aromatic rings. The number of carbonyl (C=O) groups excluding carboxylic acids is 2. The Labute approximate surface area is 105 Å². The Kier molecular flexibility index (Phi) is 3.50. The van der Waals surface area contributed by atoms with Gasteiger partial charge in [-0.05, 0) is 19.1 Å². The zero-order valence-corrected chi connectivity index (χ0v) is 10.4. The summed E-state index contributed by atoms with van der Waals surface area (Å²) in [5, 5.41) is 0. The Morgan fingerprint density at radius 2 is 2.17 bits per heavy atom. The first-order valence-electron chi connectivity index (χ1n) is 5.82. The van der Waals surface area contributed by atoms with Crippen LogP contribution in [0.2, 0.25) is 0 Å². The summed E-state index contributed by atoms with van der Waals surface area (Å²) in [6, 6.07) is 7.23. The SMILES string of the molecule is CCOC(=O)CC1Oc2ccccc2N(C)C1=O. The topological polar surface area (TPSA) is 55.8 Å². The van der Waals surface area contributed by atoms with Crippen LogP contribution in [0, 0.1) is 0 Å². The van der Waals surface area contributed by atoms with Gasteiger partial charge in [0.2, 0.25) is 0 Å². The van der Waals surface area contributed by atoms with Gasteiger partial charge in [-0.3, -0.25) is 9.59 Å². The molecular formula is C13H15NO4. The molecule has 1 aromatic carbocycles. The van der Waals surface area contributed by atoms with Gasteiger partial charge in [0.15, 0.2) is 6.10 Å². The number of nitrogens with zero attached hydrogens (tertiary/aromatic N) is 1. The molecule has 1 heterocycles. The second-order valence-electron chi connectivity index (χ2n) is 3.98. The van der Waals surface area contributed by atoms with E-state index in [-0.39, 0.29) is 12.3 Å². The lowest BCUT2D eigenvalue weighted by Gasteiger charge is -2.31. The van der Waals surface area contributed by atoms with Crippen molar-refractivity contribution in [3.63, 3.8) is 0 Å². The highest BCUT2D eigenvalue weighted by atomic mass is 16.5. The summed E-state index contributed by atoms with van der Waals surface area (Å²) in [6.07, 6.45) is -0.866. The highest BCUT2D eigenvalue weighted by Crippen LogP contribution is 2.33. The molecule has 1 atom stereocenters. The van der Waals surface area contributed by atoms with Crippen LogP contribution in [0.4, 0.5) is 5.69 Å². The van der Waals surface area contributed by atoms with Crippen molar-refractivity contribution in [3.8, 4) is 5.75 Å². The normalized spacial score (nSPS) is 18.0. The van der Waals surface area contributed by atoms with Crippen LogP contribution in [0.3, 0.4) is 0 Å². The molecule has 1 aliphatic heterocycles. The molecule has 0 bridgehead atoms. The van der Waals surface area contributed by atoms with E-state index in [0.29, 0.717) is 18.0 Å². The summed E-state index contributed by atoms with van der Waals surface area (Å²) < 4.78 is 10.4. The molecule has 5 nitrogen and oxygen atoms in total. The lowest BCUT2D eigenvalue weighted by Crippen LogP contribution is -2.44. The zero-order chi connectivity index (χ0) is 13.1. The molecule has 2 rings (SSSR count). The second kappa shape index (κ2) is 5.08. The fraction of sp³-hybridized carbons (Fsp3) is 0.385. The highest BCUT2D eigenvalue weighted by molar-refractivity contribution is 6.01. The standard InChI is InChI=1S/C13H15NO4/c1-3-17-12(15)8-11-13(16)14(2)9-6-4-5-7-10(9)18-11/h4-7,11H,3,8H2,1-2H3. The summed E-state index contributed by atoms with van der Waals surface area (Å²) in [5.74, 6) is -0.0562. The third kappa shape index (κ3) is 2.30. The van der Waals surface area contributed by atoms with E-state index in [9.17, 15) is 9.59 Å². The average molecular weight is 249 g/mol. The van der Waals surface area contributed by atoms with Crippen molar-refractivity contribution in [3.05, 3.63) is 24.3 Å². The minimum absolute atomic E-state index is 0.0641. The van der Waals surface area contributed by atoms with Crippen LogP contribution in [0.5, 0.6) is 5.75 Å². The molecule has 1 amide bonds. The van der Waals surface area contributed by atoms with E-state index in [4.69, 9.17) is 9.47 Å². The lowest BCUT2D eigenvalue weighted by molar-refractivity contribution is -0.147. The van der Waals surface area contributed by atoms with E-state index in [1.807, 2.05) is 12.1 Å². The highest BCUT2D eigenvalue weighted by Gasteiger charge is 2.33. The van der Waals surface area contributed by atoms with Gasteiger partial charge in [0.1, 0.15) is 5.75 Å². The Morgan fingerprint density at radius 1 is 1.44 bits per heavy atom. The van der Waals surface area contributed by atoms with Crippen LogP contribution in [-0.2, 0) is 14.3 Å². The number of carbonyl (C=O) groups is 2. The number of anilines is 1. The summed E-state index contributed by atoms with van der Waals surface area (Å²) in [5.41, 5.74) is 0.711. The van der Waals surface area contributed by atoms with E-state index in [2.05, 4.69) is 0 Å². The first-order chi connectivity index (χ1) is 8.63. The Morgan fingerprint density at radius 3 is 2.89 bits per heavy atom. The van der Waals surface area contributed by atoms with Crippen molar-refractivity contribution >= 4 is 17.6 Å². The number of benzene rings is 1. The number of hydrogen-bond acceptors (Lipinski definition) is 4. The molecule has 1 unspecified atom stereocenters. The molecule has 0 fully saturated rings. The van der Waals surface area contributed by atoms with Crippen LogP contribution >= 0.6 is 0 Å². The summed E-state index contributed by atoms with van der Waals surface area (Å²) in [4.78, 5) is 24.9. The number of hydrogen-bond donors (Lipinski definition) is 0. The Balaban J connectivity index is 2.17. The lowest BCUT2D eigenvalue weighted by atomic mass is 10.1. The quantitative estimate of drug-likeness (QED) is 0.759. The summed E-state index contributed by atoms with van der Waals surface area (Å²) in [6.45, 7) is 2.02. The second-order valence-corrected chi connectivity index (χ2v) is 3.98. The average Bonchev–Trinajstić information content (AvgIpc) is 2.36. The van der Waals surface area contributed by atoms with Gasteiger partial charge in [-0.1, -0.05) is 12.1 Å². The van der Waals surface area contributed by atoms with Crippen molar-refractivity contribution < 1.29 is 19.1 Å². The predicted molar refractivity (Wildman–Crippen MR) is 65.5 cm³/mol. The van der Waals surface area contributed by atoms with E-state index in [1.165, 1.54) is 4.90 Å². The monoisotopic (exact) mass is 249 g/mol. The van der Waals surface area contributed by atoms with E-state index in [0.717, 1.165) is 0 Å². The molecule has 18 heavy (non-hydrogen) atoms. The maximum atomic E-state index is 12.0. The van der Waals surface area contributed by atoms with E-state index >= 15 is 0 Å².